The van der Waals surface area contributed by atoms with Gasteiger partial charge in [0.25, 0.3) is 0 Å². The Morgan fingerprint density at radius 3 is 2.88 bits per heavy atom. The van der Waals surface area contributed by atoms with E-state index in [0.29, 0.717) is 18.1 Å². The predicted octanol–water partition coefficient (Wildman–Crippen LogP) is 1.75. The maximum Gasteiger partial charge on any atom is 0.410 e. The van der Waals surface area contributed by atoms with Gasteiger partial charge >= 0.3 is 6.09 Å². The molecule has 0 bridgehead atoms. The van der Waals surface area contributed by atoms with Gasteiger partial charge in [0, 0.05) is 6.20 Å². The molecule has 0 aliphatic carbocycles. The van der Waals surface area contributed by atoms with Crippen LogP contribution >= 0.6 is 0 Å². The molecule has 0 saturated carbocycles. The third-order valence-electron chi connectivity index (χ3n) is 1.90. The van der Waals surface area contributed by atoms with Crippen LogP contribution in [-0.2, 0) is 6.42 Å². The summed E-state index contributed by atoms with van der Waals surface area (Å²) in [5, 5.41) is 10.6. The molecule has 0 aromatic carbocycles. The summed E-state index contributed by atoms with van der Waals surface area (Å²) in [4.78, 5) is 18.2. The van der Waals surface area contributed by atoms with Gasteiger partial charge in [0.05, 0.1) is 12.6 Å². The van der Waals surface area contributed by atoms with Crippen LogP contribution in [0, 0.1) is 0 Å². The van der Waals surface area contributed by atoms with Gasteiger partial charge in [-0.2, -0.15) is 0 Å². The number of anilines is 1. The van der Waals surface area contributed by atoms with Crippen molar-refractivity contribution < 1.29 is 14.3 Å². The van der Waals surface area contributed by atoms with Crippen LogP contribution in [0.2, 0.25) is 0 Å². The van der Waals surface area contributed by atoms with E-state index in [1.165, 1.54) is 6.26 Å². The third kappa shape index (κ3) is 2.57. The minimum absolute atomic E-state index is 0.295. The molecule has 0 aliphatic rings. The van der Waals surface area contributed by atoms with E-state index >= 15 is 0 Å². The van der Waals surface area contributed by atoms with Crippen molar-refractivity contribution >= 4 is 11.9 Å². The Bertz CT molecular complexity index is 465. The van der Waals surface area contributed by atoms with Crippen molar-refractivity contribution in [1.82, 2.24) is 9.97 Å². The average molecular weight is 219 g/mol. The number of aromatic nitrogens is 2. The average Bonchev–Trinajstić information content (AvgIpc) is 2.73. The van der Waals surface area contributed by atoms with Crippen molar-refractivity contribution in [2.75, 3.05) is 5.32 Å². The van der Waals surface area contributed by atoms with Crippen molar-refractivity contribution in [3.05, 3.63) is 42.2 Å². The lowest BCUT2D eigenvalue weighted by Gasteiger charge is -2.00. The highest BCUT2D eigenvalue weighted by molar-refractivity contribution is 5.81. The first kappa shape index (κ1) is 10.2. The Morgan fingerprint density at radius 2 is 2.31 bits per heavy atom. The zero-order valence-corrected chi connectivity index (χ0v) is 8.25. The lowest BCUT2D eigenvalue weighted by Crippen LogP contribution is -2.08. The molecule has 6 nitrogen and oxygen atoms in total. The van der Waals surface area contributed by atoms with Gasteiger partial charge < -0.3 is 9.52 Å². The molecule has 0 fully saturated rings. The molecular formula is C10H9N3O3. The summed E-state index contributed by atoms with van der Waals surface area (Å²) in [6.45, 7) is 0. The zero-order valence-electron chi connectivity index (χ0n) is 8.25. The molecule has 0 aliphatic heterocycles. The summed E-state index contributed by atoms with van der Waals surface area (Å²) in [6.07, 6.45) is 4.06. The van der Waals surface area contributed by atoms with Gasteiger partial charge in [0.15, 0.2) is 5.89 Å². The molecule has 16 heavy (non-hydrogen) atoms. The summed E-state index contributed by atoms with van der Waals surface area (Å²) < 4.78 is 5.08. The smallest absolute Gasteiger partial charge is 0.410 e. The van der Waals surface area contributed by atoms with Gasteiger partial charge in [0.2, 0.25) is 0 Å². The fraction of sp³-hybridized carbons (Fsp3) is 0.100. The quantitative estimate of drug-likeness (QED) is 0.820. The third-order valence-corrected chi connectivity index (χ3v) is 1.90. The fourth-order valence-corrected chi connectivity index (χ4v) is 1.23. The number of pyridine rings is 1. The second kappa shape index (κ2) is 4.43. The number of hydrogen-bond acceptors (Lipinski definition) is 4. The lowest BCUT2D eigenvalue weighted by molar-refractivity contribution is 0.209. The normalized spacial score (nSPS) is 10.0. The van der Waals surface area contributed by atoms with Crippen molar-refractivity contribution in [2.45, 2.75) is 6.42 Å². The Hall–Kier alpha value is -2.37. The SMILES string of the molecule is O=C(O)Nc1ccc(Cc2ncco2)cn1. The lowest BCUT2D eigenvalue weighted by atomic mass is 10.2. The Labute approximate surface area is 91.0 Å². The zero-order chi connectivity index (χ0) is 11.4. The van der Waals surface area contributed by atoms with Crippen LogP contribution in [0.4, 0.5) is 10.6 Å². The van der Waals surface area contributed by atoms with Crippen LogP contribution in [0.1, 0.15) is 11.5 Å². The van der Waals surface area contributed by atoms with E-state index in [9.17, 15) is 4.79 Å². The Balaban J connectivity index is 2.05. The number of hydrogen-bond donors (Lipinski definition) is 2. The van der Waals surface area contributed by atoms with Gasteiger partial charge in [-0.1, -0.05) is 6.07 Å². The number of carboxylic acid groups (broad SMARTS) is 1. The first-order valence-electron chi connectivity index (χ1n) is 4.57. The summed E-state index contributed by atoms with van der Waals surface area (Å²) in [5.41, 5.74) is 0.901. The Morgan fingerprint density at radius 1 is 1.44 bits per heavy atom. The van der Waals surface area contributed by atoms with E-state index in [0.717, 1.165) is 5.56 Å². The number of oxazole rings is 1. The van der Waals surface area contributed by atoms with Crippen LogP contribution in [0.25, 0.3) is 0 Å². The molecule has 6 heteroatoms. The van der Waals surface area contributed by atoms with Gasteiger partial charge in [0.1, 0.15) is 12.1 Å². The van der Waals surface area contributed by atoms with Crippen molar-refractivity contribution in [3.63, 3.8) is 0 Å². The molecule has 2 aromatic heterocycles. The summed E-state index contributed by atoms with van der Waals surface area (Å²) in [7, 11) is 0. The van der Waals surface area contributed by atoms with Crippen molar-refractivity contribution in [2.24, 2.45) is 0 Å². The second-order valence-corrected chi connectivity index (χ2v) is 3.08. The molecule has 0 unspecified atom stereocenters. The minimum atomic E-state index is -1.13. The van der Waals surface area contributed by atoms with E-state index < -0.39 is 6.09 Å². The second-order valence-electron chi connectivity index (χ2n) is 3.08. The summed E-state index contributed by atoms with van der Waals surface area (Å²) >= 11 is 0. The van der Waals surface area contributed by atoms with Crippen LogP contribution in [-0.4, -0.2) is 21.2 Å². The standard InChI is InChI=1S/C10H9N3O3/c14-10(15)13-8-2-1-7(6-12-8)5-9-11-3-4-16-9/h1-4,6H,5H2,(H,12,13)(H,14,15). The number of nitrogens with one attached hydrogen (secondary N) is 1. The summed E-state index contributed by atoms with van der Waals surface area (Å²) in [6, 6.07) is 3.36. The van der Waals surface area contributed by atoms with E-state index in [1.807, 2.05) is 0 Å². The fourth-order valence-electron chi connectivity index (χ4n) is 1.23. The van der Waals surface area contributed by atoms with E-state index in [-0.39, 0.29) is 0 Å². The monoisotopic (exact) mass is 219 g/mol. The highest BCUT2D eigenvalue weighted by Gasteiger charge is 2.02. The minimum Gasteiger partial charge on any atom is -0.465 e. The number of nitrogens with zero attached hydrogens (tertiary/aromatic N) is 2. The summed E-state index contributed by atoms with van der Waals surface area (Å²) in [5.74, 6) is 0.893. The van der Waals surface area contributed by atoms with Gasteiger partial charge in [-0.25, -0.2) is 14.8 Å². The number of rotatable bonds is 3. The number of carbonyl (C=O) groups is 1. The van der Waals surface area contributed by atoms with Crippen LogP contribution < -0.4 is 5.32 Å². The molecule has 2 aromatic rings. The molecule has 0 spiro atoms. The molecule has 0 radical (unpaired) electrons. The molecule has 0 atom stereocenters. The van der Waals surface area contributed by atoms with Crippen LogP contribution in [0.3, 0.4) is 0 Å². The predicted molar refractivity (Wildman–Crippen MR) is 55.2 cm³/mol. The number of amides is 1. The van der Waals surface area contributed by atoms with Gasteiger partial charge in [-0.05, 0) is 11.6 Å². The molecule has 2 N–H and O–H groups in total. The first-order valence-corrected chi connectivity index (χ1v) is 4.57. The van der Waals surface area contributed by atoms with Gasteiger partial charge in [-0.3, -0.25) is 5.32 Å². The maximum absolute atomic E-state index is 10.3. The first-order chi connectivity index (χ1) is 7.74. The molecule has 1 amide bonds. The Kier molecular flexibility index (Phi) is 2.81. The maximum atomic E-state index is 10.3. The van der Waals surface area contributed by atoms with Gasteiger partial charge in [-0.15, -0.1) is 0 Å². The molecule has 82 valence electrons. The molecule has 0 saturated heterocycles. The highest BCUT2D eigenvalue weighted by atomic mass is 16.4. The molecule has 2 heterocycles. The van der Waals surface area contributed by atoms with Crippen molar-refractivity contribution in [1.29, 1.82) is 0 Å². The van der Waals surface area contributed by atoms with E-state index in [2.05, 4.69) is 15.3 Å². The topological polar surface area (TPSA) is 88.2 Å². The van der Waals surface area contributed by atoms with Crippen LogP contribution in [0.5, 0.6) is 0 Å². The largest absolute Gasteiger partial charge is 0.465 e. The van der Waals surface area contributed by atoms with Crippen molar-refractivity contribution in [3.8, 4) is 0 Å². The van der Waals surface area contributed by atoms with Crippen LogP contribution in [0.15, 0.2) is 35.2 Å². The highest BCUT2D eigenvalue weighted by Crippen LogP contribution is 2.09. The molecular weight excluding hydrogens is 210 g/mol. The van der Waals surface area contributed by atoms with E-state index in [4.69, 9.17) is 9.52 Å². The van der Waals surface area contributed by atoms with E-state index in [1.54, 1.807) is 24.5 Å². The molecule has 2 rings (SSSR count).